The monoisotopic (exact) mass is 478 g/mol. The van der Waals surface area contributed by atoms with Crippen molar-refractivity contribution in [3.63, 3.8) is 0 Å². The van der Waals surface area contributed by atoms with Crippen LogP contribution in [0.25, 0.3) is 6.08 Å². The van der Waals surface area contributed by atoms with Crippen LogP contribution in [0.5, 0.6) is 5.75 Å². The second kappa shape index (κ2) is 13.3. The maximum absolute atomic E-state index is 12.5. The minimum absolute atomic E-state index is 0.105. The van der Waals surface area contributed by atoms with E-state index in [2.05, 4.69) is 6.58 Å². The van der Waals surface area contributed by atoms with Crippen molar-refractivity contribution in [1.29, 1.82) is 0 Å². The van der Waals surface area contributed by atoms with Crippen molar-refractivity contribution in [1.82, 2.24) is 0 Å². The maximum atomic E-state index is 12.5. The fraction of sp³-hybridized carbons (Fsp3) is 0.357. The predicted octanol–water partition coefficient (Wildman–Crippen LogP) is 4.71. The molecule has 0 spiro atoms. The van der Waals surface area contributed by atoms with E-state index in [1.165, 1.54) is 6.08 Å². The van der Waals surface area contributed by atoms with Crippen molar-refractivity contribution in [2.24, 2.45) is 5.92 Å². The Balaban J connectivity index is 1.39. The minimum atomic E-state index is -0.452. The van der Waals surface area contributed by atoms with Crippen LogP contribution in [0, 0.1) is 5.92 Å². The number of carbonyl (C=O) groups is 2. The number of esters is 2. The van der Waals surface area contributed by atoms with E-state index in [9.17, 15) is 9.59 Å². The molecule has 0 unspecified atom stereocenters. The van der Waals surface area contributed by atoms with E-state index < -0.39 is 5.97 Å². The molecule has 35 heavy (non-hydrogen) atoms. The van der Waals surface area contributed by atoms with Gasteiger partial charge in [-0.3, -0.25) is 4.79 Å². The van der Waals surface area contributed by atoms with Gasteiger partial charge in [0, 0.05) is 23.9 Å². The summed E-state index contributed by atoms with van der Waals surface area (Å²) in [4.78, 5) is 24.5. The van der Waals surface area contributed by atoms with Gasteiger partial charge in [-0.05, 0) is 79.6 Å². The molecule has 0 heterocycles. The van der Waals surface area contributed by atoms with Crippen LogP contribution in [0.4, 0.5) is 11.4 Å². The fourth-order valence-corrected chi connectivity index (χ4v) is 3.95. The maximum Gasteiger partial charge on any atom is 0.330 e. The largest absolute Gasteiger partial charge is 0.462 e. The SMILES string of the molecule is C=CCCOC1CCC(C(=O)Oc2ccc(C=CC(=O)OCCc3cc(N)ccc3N)cc2)CC1. The zero-order valence-corrected chi connectivity index (χ0v) is 20.0. The number of ether oxygens (including phenoxy) is 3. The Morgan fingerprint density at radius 1 is 1.00 bits per heavy atom. The molecule has 1 fully saturated rings. The zero-order valence-electron chi connectivity index (χ0n) is 20.0. The average molecular weight is 479 g/mol. The average Bonchev–Trinajstić information content (AvgIpc) is 2.86. The van der Waals surface area contributed by atoms with Crippen LogP contribution < -0.4 is 16.2 Å². The van der Waals surface area contributed by atoms with Crippen LogP contribution in [0.1, 0.15) is 43.2 Å². The molecule has 0 aromatic heterocycles. The van der Waals surface area contributed by atoms with Gasteiger partial charge in [-0.25, -0.2) is 4.79 Å². The van der Waals surface area contributed by atoms with Crippen LogP contribution >= 0.6 is 0 Å². The molecule has 7 heteroatoms. The second-order valence-corrected chi connectivity index (χ2v) is 8.62. The Labute approximate surface area is 206 Å². The third-order valence-electron chi connectivity index (χ3n) is 5.98. The van der Waals surface area contributed by atoms with Gasteiger partial charge < -0.3 is 25.7 Å². The molecule has 0 amide bonds. The van der Waals surface area contributed by atoms with Gasteiger partial charge in [0.05, 0.1) is 25.2 Å². The molecule has 0 aliphatic heterocycles. The molecule has 0 saturated heterocycles. The summed E-state index contributed by atoms with van der Waals surface area (Å²) in [5.41, 5.74) is 14.5. The number of anilines is 2. The summed E-state index contributed by atoms with van der Waals surface area (Å²) in [6, 6.07) is 12.2. The summed E-state index contributed by atoms with van der Waals surface area (Å²) in [6.07, 6.45) is 9.66. The van der Waals surface area contributed by atoms with Crippen molar-refractivity contribution >= 4 is 29.4 Å². The molecule has 0 radical (unpaired) electrons. The summed E-state index contributed by atoms with van der Waals surface area (Å²) in [7, 11) is 0. The van der Waals surface area contributed by atoms with Gasteiger partial charge in [0.2, 0.25) is 0 Å². The zero-order chi connectivity index (χ0) is 25.0. The number of rotatable bonds is 11. The molecule has 2 aromatic rings. The van der Waals surface area contributed by atoms with Crippen molar-refractivity contribution in [3.05, 3.63) is 72.3 Å². The number of hydrogen-bond donors (Lipinski definition) is 2. The van der Waals surface area contributed by atoms with Crippen LogP contribution in [-0.2, 0) is 25.5 Å². The van der Waals surface area contributed by atoms with Gasteiger partial charge in [-0.2, -0.15) is 0 Å². The van der Waals surface area contributed by atoms with E-state index >= 15 is 0 Å². The van der Waals surface area contributed by atoms with Crippen LogP contribution in [0.2, 0.25) is 0 Å². The van der Waals surface area contributed by atoms with Gasteiger partial charge in [0.15, 0.2) is 0 Å². The lowest BCUT2D eigenvalue weighted by Gasteiger charge is -2.27. The standard InChI is InChI=1S/C28H34N2O5/c1-2-3-17-33-24-12-7-21(8-13-24)28(32)35-25-10-4-20(5-11-25)6-15-27(31)34-18-16-22-19-23(29)9-14-26(22)30/h2,4-6,9-11,14-15,19,21,24H,1,3,7-8,12-13,16-18,29-30H2. The Morgan fingerprint density at radius 2 is 1.74 bits per heavy atom. The second-order valence-electron chi connectivity index (χ2n) is 8.62. The molecule has 2 aromatic carbocycles. The van der Waals surface area contributed by atoms with E-state index in [1.807, 2.05) is 6.08 Å². The highest BCUT2D eigenvalue weighted by molar-refractivity contribution is 5.87. The highest BCUT2D eigenvalue weighted by Crippen LogP contribution is 2.28. The first-order valence-electron chi connectivity index (χ1n) is 12.0. The van der Waals surface area contributed by atoms with Gasteiger partial charge in [-0.1, -0.05) is 18.2 Å². The van der Waals surface area contributed by atoms with Crippen molar-refractivity contribution in [3.8, 4) is 5.75 Å². The Bertz CT molecular complexity index is 1020. The van der Waals surface area contributed by atoms with Gasteiger partial charge in [-0.15, -0.1) is 6.58 Å². The molecule has 0 bridgehead atoms. The van der Waals surface area contributed by atoms with Crippen molar-refractivity contribution in [2.75, 3.05) is 24.7 Å². The topological polar surface area (TPSA) is 114 Å². The smallest absolute Gasteiger partial charge is 0.330 e. The minimum Gasteiger partial charge on any atom is -0.462 e. The quantitative estimate of drug-likeness (QED) is 0.120. The Kier molecular flexibility index (Phi) is 9.93. The predicted molar refractivity (Wildman–Crippen MR) is 138 cm³/mol. The van der Waals surface area contributed by atoms with Gasteiger partial charge in [0.1, 0.15) is 5.75 Å². The van der Waals surface area contributed by atoms with Crippen LogP contribution in [-0.4, -0.2) is 31.3 Å². The highest BCUT2D eigenvalue weighted by Gasteiger charge is 2.28. The Morgan fingerprint density at radius 3 is 2.46 bits per heavy atom. The van der Waals surface area contributed by atoms with Crippen molar-refractivity contribution in [2.45, 2.75) is 44.6 Å². The van der Waals surface area contributed by atoms with Crippen LogP contribution in [0.3, 0.4) is 0 Å². The third kappa shape index (κ3) is 8.61. The lowest BCUT2D eigenvalue weighted by Crippen LogP contribution is -2.29. The normalized spacial score (nSPS) is 17.7. The lowest BCUT2D eigenvalue weighted by atomic mass is 9.87. The first-order valence-corrected chi connectivity index (χ1v) is 12.0. The summed E-state index contributed by atoms with van der Waals surface area (Å²) in [5.74, 6) is -0.278. The molecule has 1 saturated carbocycles. The number of nitrogen functional groups attached to an aromatic ring is 2. The molecule has 7 nitrogen and oxygen atoms in total. The van der Waals surface area contributed by atoms with Gasteiger partial charge in [0.25, 0.3) is 0 Å². The number of hydrogen-bond acceptors (Lipinski definition) is 7. The Hall–Kier alpha value is -3.58. The van der Waals surface area contributed by atoms with E-state index in [0.717, 1.165) is 43.2 Å². The molecule has 0 atom stereocenters. The first kappa shape index (κ1) is 26.0. The molecular formula is C28H34N2O5. The third-order valence-corrected chi connectivity index (χ3v) is 5.98. The summed E-state index contributed by atoms with van der Waals surface area (Å²) < 4.78 is 16.6. The van der Waals surface area contributed by atoms with Crippen molar-refractivity contribution < 1.29 is 23.8 Å². The molecule has 1 aliphatic carbocycles. The summed E-state index contributed by atoms with van der Waals surface area (Å²) in [6.45, 7) is 4.58. The van der Waals surface area contributed by atoms with E-state index in [1.54, 1.807) is 48.5 Å². The fourth-order valence-electron chi connectivity index (χ4n) is 3.95. The molecular weight excluding hydrogens is 444 g/mol. The van der Waals surface area contributed by atoms with Gasteiger partial charge >= 0.3 is 11.9 Å². The number of carbonyl (C=O) groups excluding carboxylic acids is 2. The van der Waals surface area contributed by atoms with E-state index in [-0.39, 0.29) is 24.6 Å². The summed E-state index contributed by atoms with van der Waals surface area (Å²) in [5, 5.41) is 0. The molecule has 3 rings (SSSR count). The number of nitrogens with two attached hydrogens (primary N) is 2. The lowest BCUT2D eigenvalue weighted by molar-refractivity contribution is -0.141. The first-order chi connectivity index (χ1) is 16.9. The summed E-state index contributed by atoms with van der Waals surface area (Å²) >= 11 is 0. The molecule has 186 valence electrons. The number of benzene rings is 2. The van der Waals surface area contributed by atoms with Crippen LogP contribution in [0.15, 0.2) is 61.2 Å². The van der Waals surface area contributed by atoms with E-state index in [0.29, 0.717) is 30.2 Å². The molecule has 4 N–H and O–H groups in total. The molecule has 1 aliphatic rings. The van der Waals surface area contributed by atoms with E-state index in [4.69, 9.17) is 25.7 Å². The highest BCUT2D eigenvalue weighted by atomic mass is 16.5.